The van der Waals surface area contributed by atoms with Crippen LogP contribution in [-0.4, -0.2) is 37.1 Å². The molecule has 8 nitrogen and oxygen atoms in total. The molecule has 0 bridgehead atoms. The molecule has 2 aromatic rings. The quantitative estimate of drug-likeness (QED) is 0.434. The lowest BCUT2D eigenvalue weighted by molar-refractivity contribution is -0.384. The number of benzene rings is 2. The molecule has 0 aliphatic heterocycles. The number of nitrogens with zero attached hydrogens (tertiary/aromatic N) is 2. The molecule has 1 amide bonds. The van der Waals surface area contributed by atoms with Gasteiger partial charge in [0.15, 0.2) is 6.61 Å². The van der Waals surface area contributed by atoms with Gasteiger partial charge < -0.3 is 9.47 Å². The van der Waals surface area contributed by atoms with Gasteiger partial charge in [0.25, 0.3) is 11.6 Å². The van der Waals surface area contributed by atoms with Crippen molar-refractivity contribution in [1.29, 1.82) is 0 Å². The molecule has 0 N–H and O–H groups in total. The fourth-order valence-corrected chi connectivity index (χ4v) is 2.01. The van der Waals surface area contributed by atoms with E-state index in [4.69, 9.17) is 4.74 Å². The van der Waals surface area contributed by atoms with Gasteiger partial charge in [-0.15, -0.1) is 0 Å². The molecule has 0 atom stereocenters. The van der Waals surface area contributed by atoms with Crippen molar-refractivity contribution < 1.29 is 24.0 Å². The number of amides is 1. The Bertz CT molecular complexity index is 745. The van der Waals surface area contributed by atoms with Crippen LogP contribution in [-0.2, 0) is 14.3 Å². The second kappa shape index (κ2) is 8.44. The molecule has 0 heterocycles. The van der Waals surface area contributed by atoms with Gasteiger partial charge in [0.1, 0.15) is 12.3 Å². The lowest BCUT2D eigenvalue weighted by Gasteiger charge is -2.21. The number of nitro groups is 1. The van der Waals surface area contributed by atoms with E-state index in [2.05, 4.69) is 4.74 Å². The molecule has 2 rings (SSSR count). The number of non-ortho nitro benzene ring substituents is 1. The standard InChI is InChI=1S/C17H16N2O6/c1-24-17(21)11-18(13-5-3-2-4-6-13)16(20)12-25-15-9-7-14(8-10-15)19(22)23/h2-10H,11-12H2,1H3. The van der Waals surface area contributed by atoms with Crippen molar-refractivity contribution in [2.45, 2.75) is 0 Å². The number of carbonyl (C=O) groups excluding carboxylic acids is 2. The Kier molecular flexibility index (Phi) is 6.05. The van der Waals surface area contributed by atoms with Crippen molar-refractivity contribution in [2.24, 2.45) is 0 Å². The van der Waals surface area contributed by atoms with Crippen LogP contribution in [0.2, 0.25) is 0 Å². The lowest BCUT2D eigenvalue weighted by Crippen LogP contribution is -2.39. The number of esters is 1. The molecule has 8 heteroatoms. The van der Waals surface area contributed by atoms with E-state index in [9.17, 15) is 19.7 Å². The smallest absolute Gasteiger partial charge is 0.325 e. The predicted molar refractivity (Wildman–Crippen MR) is 89.4 cm³/mol. The first kappa shape index (κ1) is 17.9. The van der Waals surface area contributed by atoms with Crippen LogP contribution in [0, 0.1) is 10.1 Å². The molecule has 0 aromatic heterocycles. The van der Waals surface area contributed by atoms with Crippen LogP contribution in [0.5, 0.6) is 5.75 Å². The van der Waals surface area contributed by atoms with Crippen molar-refractivity contribution in [3.05, 3.63) is 64.7 Å². The van der Waals surface area contributed by atoms with E-state index in [-0.39, 0.29) is 18.8 Å². The molecule has 0 fully saturated rings. The third-order valence-electron chi connectivity index (χ3n) is 3.29. The number of hydrogen-bond acceptors (Lipinski definition) is 6. The maximum atomic E-state index is 12.4. The Morgan fingerprint density at radius 2 is 1.72 bits per heavy atom. The molecular formula is C17H16N2O6. The Morgan fingerprint density at radius 1 is 1.08 bits per heavy atom. The highest BCUT2D eigenvalue weighted by Gasteiger charge is 2.20. The summed E-state index contributed by atoms with van der Waals surface area (Å²) >= 11 is 0. The van der Waals surface area contributed by atoms with Crippen LogP contribution in [0.25, 0.3) is 0 Å². The van der Waals surface area contributed by atoms with Gasteiger partial charge in [0, 0.05) is 17.8 Å². The summed E-state index contributed by atoms with van der Waals surface area (Å²) in [5, 5.41) is 10.6. The summed E-state index contributed by atoms with van der Waals surface area (Å²) in [5.74, 6) is -0.701. The fraction of sp³-hybridized carbons (Fsp3) is 0.176. The molecule has 0 radical (unpaired) electrons. The zero-order valence-electron chi connectivity index (χ0n) is 13.5. The maximum absolute atomic E-state index is 12.4. The third-order valence-corrected chi connectivity index (χ3v) is 3.29. The molecule has 0 saturated carbocycles. The molecule has 0 aliphatic rings. The lowest BCUT2D eigenvalue weighted by atomic mass is 10.3. The van der Waals surface area contributed by atoms with Gasteiger partial charge in [0.2, 0.25) is 0 Å². The molecule has 0 unspecified atom stereocenters. The summed E-state index contributed by atoms with van der Waals surface area (Å²) in [6, 6.07) is 14.0. The highest BCUT2D eigenvalue weighted by atomic mass is 16.6. The van der Waals surface area contributed by atoms with Gasteiger partial charge in [0.05, 0.1) is 12.0 Å². The Balaban J connectivity index is 2.06. The van der Waals surface area contributed by atoms with E-state index >= 15 is 0 Å². The largest absolute Gasteiger partial charge is 0.484 e. The van der Waals surface area contributed by atoms with E-state index in [1.54, 1.807) is 30.3 Å². The van der Waals surface area contributed by atoms with Crippen LogP contribution >= 0.6 is 0 Å². The molecule has 2 aromatic carbocycles. The second-order valence-electron chi connectivity index (χ2n) is 4.93. The number of para-hydroxylation sites is 1. The predicted octanol–water partition coefficient (Wildman–Crippen LogP) is 2.18. The van der Waals surface area contributed by atoms with E-state index in [1.165, 1.54) is 36.3 Å². The Labute approximate surface area is 143 Å². The minimum atomic E-state index is -0.562. The number of nitro benzene ring substituents is 1. The SMILES string of the molecule is COC(=O)CN(C(=O)COc1ccc([N+](=O)[O-])cc1)c1ccccc1. The summed E-state index contributed by atoms with van der Waals surface area (Å²) in [4.78, 5) is 35.3. The topological polar surface area (TPSA) is 99.0 Å². The first-order valence-corrected chi connectivity index (χ1v) is 7.30. The van der Waals surface area contributed by atoms with Crippen LogP contribution < -0.4 is 9.64 Å². The Hall–Kier alpha value is -3.42. The van der Waals surface area contributed by atoms with Gasteiger partial charge in [-0.3, -0.25) is 24.6 Å². The molecule has 0 aliphatic carbocycles. The van der Waals surface area contributed by atoms with Crippen molar-refractivity contribution in [3.63, 3.8) is 0 Å². The monoisotopic (exact) mass is 344 g/mol. The molecule has 0 spiro atoms. The molecule has 130 valence electrons. The maximum Gasteiger partial charge on any atom is 0.325 e. The highest BCUT2D eigenvalue weighted by Crippen LogP contribution is 2.18. The molecule has 25 heavy (non-hydrogen) atoms. The highest BCUT2D eigenvalue weighted by molar-refractivity contribution is 5.98. The number of rotatable bonds is 7. The third kappa shape index (κ3) is 5.03. The number of methoxy groups -OCH3 is 1. The van der Waals surface area contributed by atoms with Crippen LogP contribution in [0.1, 0.15) is 0 Å². The van der Waals surface area contributed by atoms with Crippen LogP contribution in [0.4, 0.5) is 11.4 Å². The fourth-order valence-electron chi connectivity index (χ4n) is 2.01. The van der Waals surface area contributed by atoms with Crippen molar-refractivity contribution in [1.82, 2.24) is 0 Å². The summed E-state index contributed by atoms with van der Waals surface area (Å²) in [6.07, 6.45) is 0. The summed E-state index contributed by atoms with van der Waals surface area (Å²) in [6.45, 7) is -0.577. The first-order valence-electron chi connectivity index (χ1n) is 7.30. The van der Waals surface area contributed by atoms with E-state index in [0.29, 0.717) is 11.4 Å². The van der Waals surface area contributed by atoms with Gasteiger partial charge >= 0.3 is 5.97 Å². The molecule has 0 saturated heterocycles. The van der Waals surface area contributed by atoms with Gasteiger partial charge in [-0.2, -0.15) is 0 Å². The number of carbonyl (C=O) groups is 2. The second-order valence-corrected chi connectivity index (χ2v) is 4.93. The van der Waals surface area contributed by atoms with Gasteiger partial charge in [-0.25, -0.2) is 0 Å². The zero-order chi connectivity index (χ0) is 18.2. The average molecular weight is 344 g/mol. The van der Waals surface area contributed by atoms with Gasteiger partial charge in [-0.05, 0) is 24.3 Å². The number of ether oxygens (including phenoxy) is 2. The summed E-state index contributed by atoms with van der Waals surface area (Å²) < 4.78 is 9.97. The summed E-state index contributed by atoms with van der Waals surface area (Å²) in [5.41, 5.74) is 0.459. The normalized spacial score (nSPS) is 9.96. The zero-order valence-corrected chi connectivity index (χ0v) is 13.5. The minimum Gasteiger partial charge on any atom is -0.484 e. The summed E-state index contributed by atoms with van der Waals surface area (Å²) in [7, 11) is 1.24. The average Bonchev–Trinajstić information content (AvgIpc) is 2.64. The van der Waals surface area contributed by atoms with Crippen molar-refractivity contribution in [3.8, 4) is 5.75 Å². The van der Waals surface area contributed by atoms with Crippen molar-refractivity contribution in [2.75, 3.05) is 25.2 Å². The van der Waals surface area contributed by atoms with E-state index < -0.39 is 16.8 Å². The Morgan fingerprint density at radius 3 is 2.28 bits per heavy atom. The van der Waals surface area contributed by atoms with Crippen molar-refractivity contribution >= 4 is 23.3 Å². The van der Waals surface area contributed by atoms with Gasteiger partial charge in [-0.1, -0.05) is 18.2 Å². The molecular weight excluding hydrogens is 328 g/mol. The first-order chi connectivity index (χ1) is 12.0. The minimum absolute atomic E-state index is 0.0738. The number of hydrogen-bond donors (Lipinski definition) is 0. The van der Waals surface area contributed by atoms with Crippen LogP contribution in [0.3, 0.4) is 0 Å². The van der Waals surface area contributed by atoms with Crippen LogP contribution in [0.15, 0.2) is 54.6 Å². The van der Waals surface area contributed by atoms with E-state index in [1.807, 2.05) is 0 Å². The number of anilines is 1. The van der Waals surface area contributed by atoms with E-state index in [0.717, 1.165) is 0 Å².